The molecule has 0 bridgehead atoms. The Hall–Kier alpha value is -2.55. The van der Waals surface area contributed by atoms with Gasteiger partial charge in [-0.15, -0.1) is 0 Å². The molecule has 3 rings (SSSR count). The van der Waals surface area contributed by atoms with Crippen molar-refractivity contribution in [3.05, 3.63) is 29.8 Å². The summed E-state index contributed by atoms with van der Waals surface area (Å²) in [6, 6.07) is 8.80. The molecule has 1 heterocycles. The van der Waals surface area contributed by atoms with E-state index in [9.17, 15) is 9.59 Å². The number of hydrogen-bond acceptors (Lipinski definition) is 4. The summed E-state index contributed by atoms with van der Waals surface area (Å²) in [4.78, 5) is 28.9. The van der Waals surface area contributed by atoms with Crippen LogP contribution < -0.4 is 4.74 Å². The highest BCUT2D eigenvalue weighted by Gasteiger charge is 2.28. The van der Waals surface area contributed by atoms with Crippen LogP contribution in [0.2, 0.25) is 0 Å². The normalized spacial score (nSPS) is 18.8. The maximum atomic E-state index is 12.7. The molecule has 1 aromatic rings. The second-order valence-corrected chi connectivity index (χ2v) is 8.15. The molecule has 0 aromatic heterocycles. The van der Waals surface area contributed by atoms with Crippen LogP contribution in [0.4, 0.5) is 0 Å². The number of nitrogens with zero attached hydrogens (tertiary/aromatic N) is 3. The second kappa shape index (κ2) is 10.3. The van der Waals surface area contributed by atoms with Crippen molar-refractivity contribution in [2.24, 2.45) is 5.92 Å². The quantitative estimate of drug-likeness (QED) is 0.738. The number of piperazine rings is 1. The van der Waals surface area contributed by atoms with E-state index in [1.54, 1.807) is 36.1 Å². The van der Waals surface area contributed by atoms with E-state index in [1.165, 1.54) is 32.1 Å². The number of rotatable bonds is 6. The Labute approximate surface area is 173 Å². The van der Waals surface area contributed by atoms with Crippen LogP contribution in [0.15, 0.2) is 24.3 Å². The van der Waals surface area contributed by atoms with Crippen molar-refractivity contribution in [1.82, 2.24) is 9.80 Å². The van der Waals surface area contributed by atoms with Gasteiger partial charge < -0.3 is 14.5 Å². The van der Waals surface area contributed by atoms with Crippen LogP contribution in [0.5, 0.6) is 5.75 Å². The summed E-state index contributed by atoms with van der Waals surface area (Å²) in [6.07, 6.45) is 7.54. The molecule has 6 nitrogen and oxygen atoms in total. The summed E-state index contributed by atoms with van der Waals surface area (Å²) in [5.41, 5.74) is 0.556. The molecule has 1 saturated carbocycles. The molecule has 0 radical (unpaired) electrons. The summed E-state index contributed by atoms with van der Waals surface area (Å²) in [7, 11) is 0. The second-order valence-electron chi connectivity index (χ2n) is 8.15. The van der Waals surface area contributed by atoms with Crippen molar-refractivity contribution in [3.63, 3.8) is 0 Å². The Morgan fingerprint density at radius 2 is 1.69 bits per heavy atom. The first-order valence-electron chi connectivity index (χ1n) is 10.8. The predicted molar refractivity (Wildman–Crippen MR) is 110 cm³/mol. The van der Waals surface area contributed by atoms with Crippen molar-refractivity contribution in [2.45, 2.75) is 58.0 Å². The summed E-state index contributed by atoms with van der Waals surface area (Å²) in [6.45, 7) is 4.03. The van der Waals surface area contributed by atoms with Crippen LogP contribution in [0.3, 0.4) is 0 Å². The van der Waals surface area contributed by atoms with E-state index in [0.717, 1.165) is 12.3 Å². The molecule has 2 aliphatic rings. The molecule has 1 aromatic carbocycles. The Morgan fingerprint density at radius 1 is 1.07 bits per heavy atom. The molecule has 2 fully saturated rings. The topological polar surface area (TPSA) is 73.6 Å². The van der Waals surface area contributed by atoms with Gasteiger partial charge in [0, 0.05) is 32.6 Å². The van der Waals surface area contributed by atoms with Gasteiger partial charge >= 0.3 is 0 Å². The average molecular weight is 398 g/mol. The zero-order valence-electron chi connectivity index (χ0n) is 17.3. The number of nitriles is 1. The number of benzene rings is 1. The van der Waals surface area contributed by atoms with Gasteiger partial charge in [0.1, 0.15) is 5.75 Å². The minimum absolute atomic E-state index is 0.0661. The van der Waals surface area contributed by atoms with Crippen LogP contribution in [0.1, 0.15) is 57.4 Å². The van der Waals surface area contributed by atoms with E-state index >= 15 is 0 Å². The van der Waals surface area contributed by atoms with Gasteiger partial charge in [-0.25, -0.2) is 0 Å². The fourth-order valence-electron chi connectivity index (χ4n) is 4.26. The highest BCUT2D eigenvalue weighted by Crippen LogP contribution is 2.27. The fourth-order valence-corrected chi connectivity index (χ4v) is 4.26. The number of amides is 2. The van der Waals surface area contributed by atoms with Gasteiger partial charge in [-0.3, -0.25) is 9.59 Å². The molecule has 1 atom stereocenters. The molecule has 2 amide bonds. The summed E-state index contributed by atoms with van der Waals surface area (Å²) in [5.74, 6) is 1.45. The average Bonchev–Trinajstić information content (AvgIpc) is 2.78. The minimum Gasteiger partial charge on any atom is -0.481 e. The third-order valence-electron chi connectivity index (χ3n) is 6.08. The van der Waals surface area contributed by atoms with Gasteiger partial charge in [-0.1, -0.05) is 32.1 Å². The lowest BCUT2D eigenvalue weighted by Gasteiger charge is -2.36. The Morgan fingerprint density at radius 3 is 2.31 bits per heavy atom. The summed E-state index contributed by atoms with van der Waals surface area (Å²) < 4.78 is 5.73. The smallest absolute Gasteiger partial charge is 0.263 e. The van der Waals surface area contributed by atoms with Gasteiger partial charge in [0.2, 0.25) is 5.91 Å². The lowest BCUT2D eigenvalue weighted by molar-refractivity contribution is -0.143. The molecule has 29 heavy (non-hydrogen) atoms. The first-order valence-corrected chi connectivity index (χ1v) is 10.8. The zero-order chi connectivity index (χ0) is 20.6. The van der Waals surface area contributed by atoms with E-state index in [2.05, 4.69) is 6.07 Å². The van der Waals surface area contributed by atoms with Crippen molar-refractivity contribution in [1.29, 1.82) is 5.26 Å². The molecule has 1 aliphatic heterocycles. The number of carbonyl (C=O) groups is 2. The highest BCUT2D eigenvalue weighted by atomic mass is 16.5. The SMILES string of the molecule is CC(Oc1ccc(C#N)cc1)C(=O)N1CCN(C(=O)CCC2CCCCC2)CC1. The molecule has 1 aliphatic carbocycles. The molecule has 1 unspecified atom stereocenters. The van der Waals surface area contributed by atoms with Gasteiger partial charge in [0.25, 0.3) is 5.91 Å². The lowest BCUT2D eigenvalue weighted by atomic mass is 9.86. The number of hydrogen-bond donors (Lipinski definition) is 0. The van der Waals surface area contributed by atoms with Crippen LogP contribution in [-0.2, 0) is 9.59 Å². The largest absolute Gasteiger partial charge is 0.481 e. The monoisotopic (exact) mass is 397 g/mol. The Kier molecular flexibility index (Phi) is 7.51. The molecule has 0 spiro atoms. The van der Waals surface area contributed by atoms with Crippen molar-refractivity contribution in [2.75, 3.05) is 26.2 Å². The minimum atomic E-state index is -0.600. The summed E-state index contributed by atoms with van der Waals surface area (Å²) in [5, 5.41) is 8.85. The molecular formula is C23H31N3O3. The van der Waals surface area contributed by atoms with Crippen molar-refractivity contribution < 1.29 is 14.3 Å². The Bertz CT molecular complexity index is 727. The molecular weight excluding hydrogens is 366 g/mol. The highest BCUT2D eigenvalue weighted by molar-refractivity contribution is 5.81. The first-order chi connectivity index (χ1) is 14.1. The predicted octanol–water partition coefficient (Wildman–Crippen LogP) is 3.36. The van der Waals surface area contributed by atoms with Crippen LogP contribution in [-0.4, -0.2) is 53.9 Å². The van der Waals surface area contributed by atoms with Crippen LogP contribution in [0.25, 0.3) is 0 Å². The lowest BCUT2D eigenvalue weighted by Crippen LogP contribution is -2.53. The third-order valence-corrected chi connectivity index (χ3v) is 6.08. The van der Waals surface area contributed by atoms with E-state index < -0.39 is 6.10 Å². The van der Waals surface area contributed by atoms with E-state index in [1.807, 2.05) is 4.90 Å². The van der Waals surface area contributed by atoms with Crippen molar-refractivity contribution in [3.8, 4) is 11.8 Å². The van der Waals surface area contributed by atoms with Gasteiger partial charge in [0.15, 0.2) is 6.10 Å². The molecule has 156 valence electrons. The van der Waals surface area contributed by atoms with Gasteiger partial charge in [0.05, 0.1) is 11.6 Å². The maximum Gasteiger partial charge on any atom is 0.263 e. The third kappa shape index (κ3) is 5.96. The fraction of sp³-hybridized carbons (Fsp3) is 0.609. The number of carbonyl (C=O) groups excluding carboxylic acids is 2. The zero-order valence-corrected chi connectivity index (χ0v) is 17.3. The number of ether oxygens (including phenoxy) is 1. The molecule has 0 N–H and O–H groups in total. The molecule has 1 saturated heterocycles. The van der Waals surface area contributed by atoms with Gasteiger partial charge in [-0.05, 0) is 43.5 Å². The van der Waals surface area contributed by atoms with Gasteiger partial charge in [-0.2, -0.15) is 5.26 Å². The van der Waals surface area contributed by atoms with Crippen molar-refractivity contribution >= 4 is 11.8 Å². The van der Waals surface area contributed by atoms with E-state index in [0.29, 0.717) is 43.9 Å². The van der Waals surface area contributed by atoms with E-state index in [-0.39, 0.29) is 11.8 Å². The maximum absolute atomic E-state index is 12.7. The summed E-state index contributed by atoms with van der Waals surface area (Å²) >= 11 is 0. The first kappa shape index (κ1) is 21.2. The van der Waals surface area contributed by atoms with E-state index in [4.69, 9.17) is 10.00 Å². The van der Waals surface area contributed by atoms with Crippen LogP contribution >= 0.6 is 0 Å². The standard InChI is InChI=1S/C23H31N3O3/c1-18(29-21-10-7-20(17-24)8-11-21)23(28)26-15-13-25(14-16-26)22(27)12-9-19-5-3-2-4-6-19/h7-8,10-11,18-19H,2-6,9,12-16H2,1H3. The Balaban J connectivity index is 1.41. The molecule has 6 heteroatoms. The van der Waals surface area contributed by atoms with Crippen LogP contribution in [0, 0.1) is 17.2 Å².